The highest BCUT2D eigenvalue weighted by atomic mass is 127. The molecule has 23 heavy (non-hydrogen) atoms. The predicted octanol–water partition coefficient (Wildman–Crippen LogP) is 4.45. The molecule has 1 unspecified atom stereocenters. The molecule has 3 nitrogen and oxygen atoms in total. The number of guanidine groups is 1. The molecule has 1 atom stereocenters. The van der Waals surface area contributed by atoms with Gasteiger partial charge in [-0.2, -0.15) is 0 Å². The van der Waals surface area contributed by atoms with Crippen LogP contribution in [0.2, 0.25) is 0 Å². The smallest absolute Gasteiger partial charge is 0.191 e. The monoisotopic (exact) mass is 441 g/mol. The number of nitrogens with zero attached hydrogens (tertiary/aromatic N) is 1. The van der Waals surface area contributed by atoms with Crippen LogP contribution in [0.25, 0.3) is 0 Å². The molecule has 0 aliphatic heterocycles. The van der Waals surface area contributed by atoms with Crippen LogP contribution in [0.5, 0.6) is 0 Å². The van der Waals surface area contributed by atoms with Crippen LogP contribution in [0.4, 0.5) is 0 Å². The quantitative estimate of drug-likeness (QED) is 0.312. The third-order valence-electron chi connectivity index (χ3n) is 3.50. The maximum absolute atomic E-state index is 4.29. The summed E-state index contributed by atoms with van der Waals surface area (Å²) in [4.78, 5) is 5.57. The molecular weight excluding hydrogens is 417 g/mol. The third-order valence-corrected chi connectivity index (χ3v) is 4.24. The Morgan fingerprint density at radius 2 is 1.74 bits per heavy atom. The number of halogens is 1. The average Bonchev–Trinajstić information content (AvgIpc) is 2.59. The van der Waals surface area contributed by atoms with Gasteiger partial charge in [0, 0.05) is 18.5 Å². The zero-order chi connectivity index (χ0) is 15.8. The molecule has 2 aromatic carbocycles. The normalized spacial score (nSPS) is 12.2. The number of benzene rings is 2. The van der Waals surface area contributed by atoms with Crippen LogP contribution in [0.15, 0.2) is 64.5 Å². The minimum Gasteiger partial charge on any atom is -0.352 e. The molecule has 5 heteroatoms. The zero-order valence-electron chi connectivity index (χ0n) is 13.7. The van der Waals surface area contributed by atoms with Gasteiger partial charge in [0.25, 0.3) is 0 Å². The van der Waals surface area contributed by atoms with Gasteiger partial charge < -0.3 is 10.6 Å². The van der Waals surface area contributed by atoms with Gasteiger partial charge in [0.15, 0.2) is 5.96 Å². The van der Waals surface area contributed by atoms with Gasteiger partial charge in [-0.05, 0) is 36.4 Å². The molecule has 0 spiro atoms. The first kappa shape index (κ1) is 19.8. The first-order valence-corrected chi connectivity index (χ1v) is 8.60. The number of hydrogen-bond donors (Lipinski definition) is 2. The number of aliphatic imine (C=N–C) groups is 1. The fourth-order valence-corrected chi connectivity index (χ4v) is 2.56. The highest BCUT2D eigenvalue weighted by molar-refractivity contribution is 14.0. The predicted molar refractivity (Wildman–Crippen MR) is 112 cm³/mol. The maximum Gasteiger partial charge on any atom is 0.191 e. The lowest BCUT2D eigenvalue weighted by molar-refractivity contribution is 0.685. The van der Waals surface area contributed by atoms with Crippen molar-refractivity contribution < 1.29 is 0 Å². The summed E-state index contributed by atoms with van der Waals surface area (Å²) in [5, 5.41) is 6.77. The zero-order valence-corrected chi connectivity index (χ0v) is 16.9. The molecule has 2 rings (SSSR count). The minimum absolute atomic E-state index is 0. The molecule has 0 saturated carbocycles. The number of nitrogens with one attached hydrogen (secondary N) is 2. The van der Waals surface area contributed by atoms with Gasteiger partial charge in [-0.3, -0.25) is 4.99 Å². The maximum atomic E-state index is 4.29. The number of thioether (sulfide) groups is 1. The first-order chi connectivity index (χ1) is 10.7. The molecular formula is C18H24IN3S. The van der Waals surface area contributed by atoms with E-state index >= 15 is 0 Å². The molecule has 2 aromatic rings. The number of rotatable bonds is 5. The molecule has 0 amide bonds. The second-order valence-corrected chi connectivity index (χ2v) is 5.93. The molecule has 0 bridgehead atoms. The average molecular weight is 441 g/mol. The Morgan fingerprint density at radius 1 is 1.09 bits per heavy atom. The molecule has 0 aromatic heterocycles. The summed E-state index contributed by atoms with van der Waals surface area (Å²) >= 11 is 1.76. The van der Waals surface area contributed by atoms with E-state index in [-0.39, 0.29) is 30.0 Å². The summed E-state index contributed by atoms with van der Waals surface area (Å²) in [5.74, 6) is 0.810. The molecule has 0 aliphatic carbocycles. The molecule has 124 valence electrons. The highest BCUT2D eigenvalue weighted by Gasteiger charge is 2.06. The molecule has 0 aliphatic rings. The Bertz CT molecular complexity index is 599. The van der Waals surface area contributed by atoms with Crippen LogP contribution in [-0.2, 0) is 6.54 Å². The van der Waals surface area contributed by atoms with E-state index in [0.717, 1.165) is 12.5 Å². The van der Waals surface area contributed by atoms with E-state index in [1.54, 1.807) is 18.8 Å². The van der Waals surface area contributed by atoms with Crippen molar-refractivity contribution in [2.24, 2.45) is 4.99 Å². The molecule has 0 heterocycles. The van der Waals surface area contributed by atoms with Crippen molar-refractivity contribution in [2.45, 2.75) is 24.4 Å². The number of hydrogen-bond acceptors (Lipinski definition) is 2. The summed E-state index contributed by atoms with van der Waals surface area (Å²) in [5.41, 5.74) is 2.49. The van der Waals surface area contributed by atoms with Crippen LogP contribution >= 0.6 is 35.7 Å². The van der Waals surface area contributed by atoms with Crippen LogP contribution in [-0.4, -0.2) is 19.3 Å². The SMILES string of the molecule is CN=C(NCc1ccc(SC)cc1)NC(C)c1ccccc1.I. The lowest BCUT2D eigenvalue weighted by atomic mass is 10.1. The minimum atomic E-state index is 0. The van der Waals surface area contributed by atoms with E-state index in [1.165, 1.54) is 16.0 Å². The Morgan fingerprint density at radius 3 is 2.30 bits per heavy atom. The van der Waals surface area contributed by atoms with E-state index in [9.17, 15) is 0 Å². The summed E-state index contributed by atoms with van der Waals surface area (Å²) < 4.78 is 0. The van der Waals surface area contributed by atoms with Crippen molar-refractivity contribution in [3.05, 3.63) is 65.7 Å². The lowest BCUT2D eigenvalue weighted by Gasteiger charge is -2.18. The van der Waals surface area contributed by atoms with Crippen molar-refractivity contribution >= 4 is 41.7 Å². The van der Waals surface area contributed by atoms with E-state index in [2.05, 4.69) is 77.3 Å². The molecule has 0 radical (unpaired) electrons. The van der Waals surface area contributed by atoms with Crippen molar-refractivity contribution in [1.29, 1.82) is 0 Å². The molecule has 0 fully saturated rings. The Kier molecular flexibility index (Phi) is 9.09. The van der Waals surface area contributed by atoms with Gasteiger partial charge in [-0.1, -0.05) is 42.5 Å². The van der Waals surface area contributed by atoms with Gasteiger partial charge in [0.2, 0.25) is 0 Å². The fraction of sp³-hybridized carbons (Fsp3) is 0.278. The van der Waals surface area contributed by atoms with Gasteiger partial charge in [0.1, 0.15) is 0 Å². The Labute approximate surface area is 160 Å². The third kappa shape index (κ3) is 6.43. The second-order valence-electron chi connectivity index (χ2n) is 5.05. The lowest BCUT2D eigenvalue weighted by Crippen LogP contribution is -2.38. The van der Waals surface area contributed by atoms with Crippen LogP contribution in [0.3, 0.4) is 0 Å². The van der Waals surface area contributed by atoms with E-state index in [4.69, 9.17) is 0 Å². The molecule has 0 saturated heterocycles. The van der Waals surface area contributed by atoms with Gasteiger partial charge >= 0.3 is 0 Å². The van der Waals surface area contributed by atoms with E-state index in [1.807, 2.05) is 6.07 Å². The van der Waals surface area contributed by atoms with Crippen molar-refractivity contribution in [3.63, 3.8) is 0 Å². The van der Waals surface area contributed by atoms with Crippen molar-refractivity contribution in [1.82, 2.24) is 10.6 Å². The van der Waals surface area contributed by atoms with Gasteiger partial charge in [0.05, 0.1) is 6.04 Å². The fourth-order valence-electron chi connectivity index (χ4n) is 2.15. The Hall–Kier alpha value is -1.21. The van der Waals surface area contributed by atoms with Crippen molar-refractivity contribution in [2.75, 3.05) is 13.3 Å². The second kappa shape index (κ2) is 10.5. The largest absolute Gasteiger partial charge is 0.352 e. The van der Waals surface area contributed by atoms with E-state index in [0.29, 0.717) is 0 Å². The first-order valence-electron chi connectivity index (χ1n) is 7.38. The summed E-state index contributed by atoms with van der Waals surface area (Å²) in [7, 11) is 1.80. The van der Waals surface area contributed by atoms with Gasteiger partial charge in [-0.25, -0.2) is 0 Å². The summed E-state index contributed by atoms with van der Waals surface area (Å²) in [6, 6.07) is 19.2. The summed E-state index contributed by atoms with van der Waals surface area (Å²) in [6.07, 6.45) is 2.09. The van der Waals surface area contributed by atoms with Crippen LogP contribution in [0.1, 0.15) is 24.1 Å². The summed E-state index contributed by atoms with van der Waals surface area (Å²) in [6.45, 7) is 2.89. The van der Waals surface area contributed by atoms with Crippen LogP contribution < -0.4 is 10.6 Å². The topological polar surface area (TPSA) is 36.4 Å². The van der Waals surface area contributed by atoms with Crippen molar-refractivity contribution in [3.8, 4) is 0 Å². The highest BCUT2D eigenvalue weighted by Crippen LogP contribution is 2.15. The standard InChI is InChI=1S/C18H23N3S.HI/c1-14(16-7-5-4-6-8-16)21-18(19-2)20-13-15-9-11-17(22-3)12-10-15;/h4-12,14H,13H2,1-3H3,(H2,19,20,21);1H. The molecule has 2 N–H and O–H groups in total. The Balaban J connectivity index is 0.00000264. The van der Waals surface area contributed by atoms with E-state index < -0.39 is 0 Å². The van der Waals surface area contributed by atoms with Crippen LogP contribution in [0, 0.1) is 0 Å². The van der Waals surface area contributed by atoms with Gasteiger partial charge in [-0.15, -0.1) is 35.7 Å².